The number of likely N-dealkylation sites (tertiary alicyclic amines) is 1. The van der Waals surface area contributed by atoms with Gasteiger partial charge in [0.15, 0.2) is 0 Å². The second-order valence-corrected chi connectivity index (χ2v) is 9.77. The summed E-state index contributed by atoms with van der Waals surface area (Å²) in [6.07, 6.45) is 2.02. The van der Waals surface area contributed by atoms with Crippen molar-refractivity contribution < 1.29 is 14.6 Å². The molecule has 1 spiro atoms. The molecule has 30 heavy (non-hydrogen) atoms. The fourth-order valence-corrected chi connectivity index (χ4v) is 4.80. The van der Waals surface area contributed by atoms with Crippen LogP contribution in [0.3, 0.4) is 0 Å². The minimum absolute atomic E-state index is 0.0802. The van der Waals surface area contributed by atoms with Gasteiger partial charge in [-0.25, -0.2) is 0 Å². The van der Waals surface area contributed by atoms with Crippen LogP contribution in [0.1, 0.15) is 51.7 Å². The van der Waals surface area contributed by atoms with E-state index in [1.807, 2.05) is 13.8 Å². The average Bonchev–Trinajstić information content (AvgIpc) is 2.68. The predicted octanol–water partition coefficient (Wildman–Crippen LogP) is 3.94. The van der Waals surface area contributed by atoms with Crippen LogP contribution in [0.25, 0.3) is 5.70 Å². The Labute approximate surface area is 182 Å². The zero-order chi connectivity index (χ0) is 21.9. The Morgan fingerprint density at radius 2 is 1.97 bits per heavy atom. The molecule has 2 fully saturated rings. The molecular formula is C25H40N2O3. The van der Waals surface area contributed by atoms with Gasteiger partial charge in [0.1, 0.15) is 5.75 Å². The van der Waals surface area contributed by atoms with Crippen LogP contribution in [0.15, 0.2) is 24.8 Å². The fraction of sp³-hybridized carbons (Fsp3) is 0.680. The Hall–Kier alpha value is -1.56. The smallest absolute Gasteiger partial charge is 0.122 e. The van der Waals surface area contributed by atoms with Crippen molar-refractivity contribution in [1.82, 2.24) is 9.80 Å². The van der Waals surface area contributed by atoms with E-state index in [1.165, 1.54) is 0 Å². The topological polar surface area (TPSA) is 45.2 Å². The number of ether oxygens (including phenoxy) is 2. The summed E-state index contributed by atoms with van der Waals surface area (Å²) in [5.41, 5.74) is 3.21. The maximum Gasteiger partial charge on any atom is 0.122 e. The second-order valence-electron chi connectivity index (χ2n) is 9.77. The SMILES string of the molecule is C=C(c1ccc(OC(C)C)c(C)c1)N1CCC2(CC1)CN(CC(C)C)CC(CO)O2. The van der Waals surface area contributed by atoms with Gasteiger partial charge < -0.3 is 19.5 Å². The summed E-state index contributed by atoms with van der Waals surface area (Å²) >= 11 is 0. The summed E-state index contributed by atoms with van der Waals surface area (Å²) in [7, 11) is 0. The van der Waals surface area contributed by atoms with Gasteiger partial charge in [0, 0.05) is 38.4 Å². The standard InChI is InChI=1S/C25H40N2O3/c1-18(2)14-26-15-23(16-28)30-25(17-26)9-11-27(12-10-25)21(6)22-7-8-24(20(5)13-22)29-19(3)4/h7-8,13,18-19,23,28H,6,9-12,14-17H2,1-5H3. The zero-order valence-electron chi connectivity index (χ0n) is 19.5. The largest absolute Gasteiger partial charge is 0.491 e. The molecule has 168 valence electrons. The van der Waals surface area contributed by atoms with Gasteiger partial charge in [-0.15, -0.1) is 0 Å². The Kier molecular flexibility index (Phi) is 7.48. The van der Waals surface area contributed by atoms with Gasteiger partial charge in [-0.05, 0) is 68.9 Å². The third-order valence-corrected chi connectivity index (χ3v) is 6.14. The van der Waals surface area contributed by atoms with E-state index >= 15 is 0 Å². The first-order valence-electron chi connectivity index (χ1n) is 11.4. The molecule has 0 amide bonds. The van der Waals surface area contributed by atoms with Gasteiger partial charge in [0.05, 0.1) is 24.4 Å². The number of aryl methyl sites for hydroxylation is 1. The minimum Gasteiger partial charge on any atom is -0.491 e. The molecule has 2 saturated heterocycles. The normalized spacial score (nSPS) is 22.1. The van der Waals surface area contributed by atoms with Gasteiger partial charge >= 0.3 is 0 Å². The maximum atomic E-state index is 9.76. The van der Waals surface area contributed by atoms with E-state index in [0.29, 0.717) is 5.92 Å². The lowest BCUT2D eigenvalue weighted by Gasteiger charge is -2.50. The van der Waals surface area contributed by atoms with Crippen molar-refractivity contribution in [1.29, 1.82) is 0 Å². The van der Waals surface area contributed by atoms with Crippen molar-refractivity contribution in [2.45, 2.75) is 65.3 Å². The van der Waals surface area contributed by atoms with Crippen molar-refractivity contribution >= 4 is 5.70 Å². The number of piperidine rings is 1. The van der Waals surface area contributed by atoms with Gasteiger partial charge in [-0.2, -0.15) is 0 Å². The van der Waals surface area contributed by atoms with Crippen molar-refractivity contribution in [3.05, 3.63) is 35.9 Å². The fourth-order valence-electron chi connectivity index (χ4n) is 4.80. The Bertz CT molecular complexity index is 723. The Morgan fingerprint density at radius 1 is 1.27 bits per heavy atom. The van der Waals surface area contributed by atoms with E-state index in [-0.39, 0.29) is 24.4 Å². The van der Waals surface area contributed by atoms with E-state index in [2.05, 4.69) is 55.3 Å². The molecule has 1 unspecified atom stereocenters. The van der Waals surface area contributed by atoms with E-state index in [1.54, 1.807) is 0 Å². The highest BCUT2D eigenvalue weighted by Crippen LogP contribution is 2.35. The third-order valence-electron chi connectivity index (χ3n) is 6.14. The van der Waals surface area contributed by atoms with Crippen LogP contribution in [0.2, 0.25) is 0 Å². The highest BCUT2D eigenvalue weighted by atomic mass is 16.5. The van der Waals surface area contributed by atoms with E-state index < -0.39 is 0 Å². The summed E-state index contributed by atoms with van der Waals surface area (Å²) < 4.78 is 12.3. The molecule has 3 rings (SSSR count). The average molecular weight is 417 g/mol. The molecule has 2 aliphatic heterocycles. The van der Waals surface area contributed by atoms with Gasteiger partial charge in [0.2, 0.25) is 0 Å². The number of morpholine rings is 1. The van der Waals surface area contributed by atoms with E-state index in [4.69, 9.17) is 9.47 Å². The highest BCUT2D eigenvalue weighted by Gasteiger charge is 2.43. The number of aliphatic hydroxyl groups is 1. The molecule has 2 aliphatic rings. The number of hydrogen-bond acceptors (Lipinski definition) is 5. The number of nitrogens with zero attached hydrogens (tertiary/aromatic N) is 2. The van der Waals surface area contributed by atoms with Crippen LogP contribution < -0.4 is 4.74 Å². The summed E-state index contributed by atoms with van der Waals surface area (Å²) in [4.78, 5) is 4.86. The lowest BCUT2D eigenvalue weighted by molar-refractivity contribution is -0.183. The molecular weight excluding hydrogens is 376 g/mol. The minimum atomic E-state index is -0.151. The summed E-state index contributed by atoms with van der Waals surface area (Å²) in [5.74, 6) is 1.56. The van der Waals surface area contributed by atoms with E-state index in [9.17, 15) is 5.11 Å². The first-order chi connectivity index (χ1) is 14.2. The summed E-state index contributed by atoms with van der Waals surface area (Å²) in [6, 6.07) is 6.34. The lowest BCUT2D eigenvalue weighted by Crippen LogP contribution is -2.60. The molecule has 0 radical (unpaired) electrons. The molecule has 1 N–H and O–H groups in total. The molecule has 0 saturated carbocycles. The van der Waals surface area contributed by atoms with Crippen LogP contribution in [-0.2, 0) is 4.74 Å². The number of rotatable bonds is 7. The molecule has 1 atom stereocenters. The molecule has 2 heterocycles. The van der Waals surface area contributed by atoms with Crippen LogP contribution in [0.5, 0.6) is 5.75 Å². The second kappa shape index (κ2) is 9.71. The van der Waals surface area contributed by atoms with Gasteiger partial charge in [-0.3, -0.25) is 4.90 Å². The molecule has 0 bridgehead atoms. The van der Waals surface area contributed by atoms with Crippen LogP contribution in [-0.4, -0.2) is 72.0 Å². The first-order valence-corrected chi connectivity index (χ1v) is 11.4. The van der Waals surface area contributed by atoms with Crippen molar-refractivity contribution in [2.24, 2.45) is 5.92 Å². The van der Waals surface area contributed by atoms with Crippen LogP contribution in [0.4, 0.5) is 0 Å². The third kappa shape index (κ3) is 5.57. The summed E-state index contributed by atoms with van der Waals surface area (Å²) in [6.45, 7) is 19.9. The number of benzene rings is 1. The summed E-state index contributed by atoms with van der Waals surface area (Å²) in [5, 5.41) is 9.76. The Morgan fingerprint density at radius 3 is 2.53 bits per heavy atom. The predicted molar refractivity (Wildman–Crippen MR) is 123 cm³/mol. The van der Waals surface area contributed by atoms with Crippen molar-refractivity contribution in [3.8, 4) is 5.75 Å². The monoisotopic (exact) mass is 416 g/mol. The quantitative estimate of drug-likeness (QED) is 0.730. The molecule has 1 aromatic carbocycles. The van der Waals surface area contributed by atoms with Gasteiger partial charge in [0.25, 0.3) is 0 Å². The van der Waals surface area contributed by atoms with Crippen LogP contribution in [0, 0.1) is 12.8 Å². The van der Waals surface area contributed by atoms with E-state index in [0.717, 1.165) is 68.1 Å². The number of hydrogen-bond donors (Lipinski definition) is 1. The molecule has 1 aromatic rings. The van der Waals surface area contributed by atoms with Crippen LogP contribution >= 0.6 is 0 Å². The molecule has 5 heteroatoms. The van der Waals surface area contributed by atoms with Gasteiger partial charge in [-0.1, -0.05) is 20.4 Å². The first kappa shape index (κ1) is 23.1. The molecule has 0 aromatic heterocycles. The molecule has 0 aliphatic carbocycles. The Balaban J connectivity index is 1.64. The lowest BCUT2D eigenvalue weighted by atomic mass is 9.87. The zero-order valence-corrected chi connectivity index (χ0v) is 19.5. The highest BCUT2D eigenvalue weighted by molar-refractivity contribution is 5.64. The van der Waals surface area contributed by atoms with Crippen molar-refractivity contribution in [3.63, 3.8) is 0 Å². The molecule has 5 nitrogen and oxygen atoms in total. The number of aliphatic hydroxyl groups excluding tert-OH is 1. The maximum absolute atomic E-state index is 9.76. The van der Waals surface area contributed by atoms with Crippen molar-refractivity contribution in [2.75, 3.05) is 39.3 Å².